The molecule has 1 saturated heterocycles. The van der Waals surface area contributed by atoms with Gasteiger partial charge >= 0.3 is 0 Å². The molecule has 1 spiro atoms. The van der Waals surface area contributed by atoms with E-state index in [1.807, 2.05) is 11.8 Å². The maximum Gasteiger partial charge on any atom is 0.224 e. The largest absolute Gasteiger partial charge is 0.356 e. The molecule has 0 bridgehead atoms. The molecule has 21 heavy (non-hydrogen) atoms. The number of carbonyl (C=O) groups excluding carboxylic acids is 1. The van der Waals surface area contributed by atoms with Crippen LogP contribution in [0, 0.1) is 17.8 Å². The van der Waals surface area contributed by atoms with Crippen LogP contribution in [0.15, 0.2) is 29.3 Å². The number of nitrogens with one attached hydrogen (secondary N) is 1. The number of allylic oxidation sites excluding steroid dienone is 3. The van der Waals surface area contributed by atoms with Crippen molar-refractivity contribution in [2.24, 2.45) is 22.7 Å². The predicted molar refractivity (Wildman–Crippen MR) is 89.8 cm³/mol. The summed E-state index contributed by atoms with van der Waals surface area (Å²) < 4.78 is -0.0363. The van der Waals surface area contributed by atoms with Crippen molar-refractivity contribution >= 4 is 23.4 Å². The van der Waals surface area contributed by atoms with Gasteiger partial charge in [-0.1, -0.05) is 38.5 Å². The van der Waals surface area contributed by atoms with E-state index < -0.39 is 0 Å². The molecule has 4 heteroatoms. The zero-order valence-corrected chi connectivity index (χ0v) is 13.7. The molecular formula is C17H24N2OS. The average Bonchev–Trinajstić information content (AvgIpc) is 2.90. The third-order valence-corrected chi connectivity index (χ3v) is 6.68. The van der Waals surface area contributed by atoms with E-state index in [2.05, 4.69) is 43.5 Å². The van der Waals surface area contributed by atoms with Gasteiger partial charge in [0.2, 0.25) is 5.91 Å². The molecule has 0 saturated carbocycles. The molecule has 0 aromatic heterocycles. The summed E-state index contributed by atoms with van der Waals surface area (Å²) in [6, 6.07) is 0. The van der Waals surface area contributed by atoms with Crippen molar-refractivity contribution in [2.45, 2.75) is 31.4 Å². The van der Waals surface area contributed by atoms with Crippen LogP contribution >= 0.6 is 11.8 Å². The fourth-order valence-corrected chi connectivity index (χ4v) is 5.26. The first-order valence-electron chi connectivity index (χ1n) is 8.00. The number of nitrogens with zero attached hydrogens (tertiary/aromatic N) is 1. The van der Waals surface area contributed by atoms with Crippen molar-refractivity contribution in [3.63, 3.8) is 0 Å². The summed E-state index contributed by atoms with van der Waals surface area (Å²) in [6.45, 7) is 6.01. The molecular weight excluding hydrogens is 280 g/mol. The van der Waals surface area contributed by atoms with Crippen LogP contribution in [0.5, 0.6) is 0 Å². The summed E-state index contributed by atoms with van der Waals surface area (Å²) in [5.74, 6) is 2.23. The quantitative estimate of drug-likeness (QED) is 0.868. The van der Waals surface area contributed by atoms with Crippen LogP contribution in [-0.2, 0) is 4.79 Å². The minimum atomic E-state index is -0.0363. The summed E-state index contributed by atoms with van der Waals surface area (Å²) >= 11 is 1.90. The van der Waals surface area contributed by atoms with Crippen LogP contribution in [0.2, 0.25) is 0 Å². The number of rotatable bonds is 4. The topological polar surface area (TPSA) is 41.5 Å². The molecule has 3 unspecified atom stereocenters. The first kappa shape index (κ1) is 14.9. The maximum atomic E-state index is 12.6. The molecule has 2 aliphatic heterocycles. The first-order valence-corrected chi connectivity index (χ1v) is 8.98. The molecule has 1 aliphatic carbocycles. The highest BCUT2D eigenvalue weighted by Gasteiger charge is 2.53. The van der Waals surface area contributed by atoms with Crippen molar-refractivity contribution in [3.8, 4) is 0 Å². The molecule has 114 valence electrons. The van der Waals surface area contributed by atoms with Crippen molar-refractivity contribution in [3.05, 3.63) is 24.3 Å². The number of carbonyl (C=O) groups is 1. The Labute approximate surface area is 131 Å². The van der Waals surface area contributed by atoms with Gasteiger partial charge in [0.05, 0.1) is 16.4 Å². The maximum absolute atomic E-state index is 12.6. The average molecular weight is 304 g/mol. The second-order valence-electron chi connectivity index (χ2n) is 6.35. The van der Waals surface area contributed by atoms with Crippen molar-refractivity contribution < 1.29 is 4.79 Å². The van der Waals surface area contributed by atoms with E-state index in [9.17, 15) is 4.79 Å². The van der Waals surface area contributed by atoms with E-state index in [0.29, 0.717) is 11.8 Å². The standard InChI is InChI=1S/C17H24N2OS/c1-3-12(2)10-19-16(20)13-11-21-17-8-5-4-6-15(17)18-9-7-14(13)17/h4-6,8,12-14H,3,7,9-11H2,1-2H3,(H,19,20)/t12-,13?,14?,17?/m0/s1. The molecule has 4 atom stereocenters. The van der Waals surface area contributed by atoms with Gasteiger partial charge in [0.15, 0.2) is 0 Å². The van der Waals surface area contributed by atoms with Crippen molar-refractivity contribution in [1.82, 2.24) is 5.32 Å². The van der Waals surface area contributed by atoms with E-state index in [0.717, 1.165) is 31.7 Å². The molecule has 1 fully saturated rings. The molecule has 3 aliphatic rings. The Morgan fingerprint density at radius 3 is 3.24 bits per heavy atom. The molecule has 1 amide bonds. The lowest BCUT2D eigenvalue weighted by Gasteiger charge is -2.38. The van der Waals surface area contributed by atoms with E-state index >= 15 is 0 Å². The molecule has 0 aromatic carbocycles. The Hall–Kier alpha value is -1.03. The Kier molecular flexibility index (Phi) is 4.25. The molecule has 0 radical (unpaired) electrons. The minimum absolute atomic E-state index is 0.0363. The lowest BCUT2D eigenvalue weighted by molar-refractivity contribution is -0.125. The number of amides is 1. The number of aliphatic imine (C=N–C) groups is 1. The Bertz CT molecular complexity index is 511. The highest BCUT2D eigenvalue weighted by molar-refractivity contribution is 8.02. The fraction of sp³-hybridized carbons (Fsp3) is 0.647. The van der Waals surface area contributed by atoms with Gasteiger partial charge in [-0.25, -0.2) is 0 Å². The molecule has 3 nitrogen and oxygen atoms in total. The molecule has 2 heterocycles. The van der Waals surface area contributed by atoms with Gasteiger partial charge in [-0.15, -0.1) is 11.8 Å². The molecule has 3 rings (SSSR count). The van der Waals surface area contributed by atoms with Gasteiger partial charge in [-0.3, -0.25) is 9.79 Å². The summed E-state index contributed by atoms with van der Waals surface area (Å²) in [5, 5.41) is 3.17. The van der Waals surface area contributed by atoms with Gasteiger partial charge in [0.25, 0.3) is 0 Å². The Balaban J connectivity index is 1.73. The summed E-state index contributed by atoms with van der Waals surface area (Å²) in [7, 11) is 0. The zero-order valence-electron chi connectivity index (χ0n) is 12.8. The first-order chi connectivity index (χ1) is 10.2. The monoisotopic (exact) mass is 304 g/mol. The van der Waals surface area contributed by atoms with Gasteiger partial charge in [0.1, 0.15) is 0 Å². The fourth-order valence-electron chi connectivity index (χ4n) is 3.47. The van der Waals surface area contributed by atoms with E-state index in [1.165, 1.54) is 5.71 Å². The van der Waals surface area contributed by atoms with Crippen LogP contribution in [0.1, 0.15) is 26.7 Å². The van der Waals surface area contributed by atoms with Crippen LogP contribution < -0.4 is 5.32 Å². The number of thioether (sulfide) groups is 1. The summed E-state index contributed by atoms with van der Waals surface area (Å²) in [4.78, 5) is 17.3. The Morgan fingerprint density at radius 1 is 1.57 bits per heavy atom. The van der Waals surface area contributed by atoms with E-state index in [1.54, 1.807) is 0 Å². The number of hydrogen-bond donors (Lipinski definition) is 1. The minimum Gasteiger partial charge on any atom is -0.356 e. The molecule has 1 N–H and O–H groups in total. The van der Waals surface area contributed by atoms with Gasteiger partial charge in [-0.05, 0) is 24.3 Å². The third-order valence-electron chi connectivity index (χ3n) is 5.03. The van der Waals surface area contributed by atoms with Crippen LogP contribution in [0.25, 0.3) is 0 Å². The van der Waals surface area contributed by atoms with Crippen LogP contribution in [0.4, 0.5) is 0 Å². The second kappa shape index (κ2) is 5.99. The third kappa shape index (κ3) is 2.59. The number of hydrogen-bond acceptors (Lipinski definition) is 3. The van der Waals surface area contributed by atoms with Crippen molar-refractivity contribution in [1.29, 1.82) is 0 Å². The Morgan fingerprint density at radius 2 is 2.43 bits per heavy atom. The van der Waals surface area contributed by atoms with Crippen LogP contribution in [-0.4, -0.2) is 35.2 Å². The summed E-state index contributed by atoms with van der Waals surface area (Å²) in [6.07, 6.45) is 10.7. The lowest BCUT2D eigenvalue weighted by Crippen LogP contribution is -2.46. The summed E-state index contributed by atoms with van der Waals surface area (Å²) in [5.41, 5.74) is 1.17. The van der Waals surface area contributed by atoms with Crippen LogP contribution in [0.3, 0.4) is 0 Å². The second-order valence-corrected chi connectivity index (χ2v) is 7.65. The smallest absolute Gasteiger partial charge is 0.224 e. The lowest BCUT2D eigenvalue weighted by atomic mass is 9.74. The predicted octanol–water partition coefficient (Wildman–Crippen LogP) is 2.84. The molecule has 0 aromatic rings. The van der Waals surface area contributed by atoms with Gasteiger partial charge in [0, 0.05) is 18.8 Å². The van der Waals surface area contributed by atoms with Gasteiger partial charge in [-0.2, -0.15) is 0 Å². The van der Waals surface area contributed by atoms with Crippen molar-refractivity contribution in [2.75, 3.05) is 18.8 Å². The van der Waals surface area contributed by atoms with E-state index in [-0.39, 0.29) is 16.6 Å². The van der Waals surface area contributed by atoms with Gasteiger partial charge < -0.3 is 5.32 Å². The van der Waals surface area contributed by atoms with E-state index in [4.69, 9.17) is 4.99 Å². The SMILES string of the molecule is CC[C@H](C)CNC(=O)C1CSC23C=CC=CC2=NCCC13. The highest BCUT2D eigenvalue weighted by atomic mass is 32.2. The normalized spacial score (nSPS) is 34.9. The zero-order chi connectivity index (χ0) is 14.9. The highest BCUT2D eigenvalue weighted by Crippen LogP contribution is 2.52.